The van der Waals surface area contributed by atoms with Crippen LogP contribution in [0.4, 0.5) is 0 Å². The highest BCUT2D eigenvalue weighted by molar-refractivity contribution is 6.20. The van der Waals surface area contributed by atoms with Gasteiger partial charge in [0.1, 0.15) is 0 Å². The molecule has 1 heterocycles. The second-order valence-corrected chi connectivity index (χ2v) is 6.98. The van der Waals surface area contributed by atoms with Crippen LogP contribution in [0, 0.1) is 25.7 Å². The predicted octanol–water partition coefficient (Wildman–Crippen LogP) is 1.59. The average molecular weight is 326 g/mol. The molecule has 4 N–H and O–H groups in total. The summed E-state index contributed by atoms with van der Waals surface area (Å²) in [6.07, 6.45) is 1.37. The monoisotopic (exact) mass is 325 g/mol. The van der Waals surface area contributed by atoms with Crippen LogP contribution in [0.25, 0.3) is 0 Å². The van der Waals surface area contributed by atoms with E-state index in [4.69, 9.17) is 17.3 Å². The molecule has 0 radical (unpaired) electrons. The van der Waals surface area contributed by atoms with Gasteiger partial charge in [0.25, 0.3) is 5.56 Å². The highest BCUT2D eigenvalue weighted by Crippen LogP contribution is 2.32. The van der Waals surface area contributed by atoms with E-state index in [1.54, 1.807) is 0 Å². The molecule has 1 fully saturated rings. The molecule has 0 aromatic carbocycles. The first kappa shape index (κ1) is 17.0. The van der Waals surface area contributed by atoms with E-state index < -0.39 is 0 Å². The van der Waals surface area contributed by atoms with E-state index in [0.717, 1.165) is 17.7 Å². The van der Waals surface area contributed by atoms with Crippen molar-refractivity contribution in [3.8, 4) is 0 Å². The molecule has 2 rings (SSSR count). The summed E-state index contributed by atoms with van der Waals surface area (Å²) in [7, 11) is 0. The Labute approximate surface area is 135 Å². The average Bonchev–Trinajstić information content (AvgIpc) is 2.41. The zero-order valence-corrected chi connectivity index (χ0v) is 14.0. The first-order chi connectivity index (χ1) is 10.3. The minimum Gasteiger partial charge on any atom is -0.352 e. The van der Waals surface area contributed by atoms with Crippen molar-refractivity contribution in [3.05, 3.63) is 33.2 Å². The number of H-pyrrole nitrogens is 1. The Kier molecular flexibility index (Phi) is 5.29. The molecule has 4 atom stereocenters. The molecule has 0 spiro atoms. The first-order valence-corrected chi connectivity index (χ1v) is 8.10. The van der Waals surface area contributed by atoms with Crippen LogP contribution in [0.1, 0.15) is 36.6 Å². The van der Waals surface area contributed by atoms with Crippen molar-refractivity contribution in [2.45, 2.75) is 51.6 Å². The van der Waals surface area contributed by atoms with E-state index in [1.165, 1.54) is 0 Å². The molecule has 1 aliphatic carbocycles. The molecule has 6 heteroatoms. The van der Waals surface area contributed by atoms with E-state index in [1.807, 2.05) is 26.8 Å². The van der Waals surface area contributed by atoms with Gasteiger partial charge in [-0.15, -0.1) is 11.6 Å². The summed E-state index contributed by atoms with van der Waals surface area (Å²) in [4.78, 5) is 27.2. The van der Waals surface area contributed by atoms with E-state index in [9.17, 15) is 9.59 Å². The number of rotatable bonds is 3. The molecule has 4 unspecified atom stereocenters. The fraction of sp³-hybridized carbons (Fsp3) is 0.625. The summed E-state index contributed by atoms with van der Waals surface area (Å²) in [6.45, 7) is 5.92. The summed E-state index contributed by atoms with van der Waals surface area (Å²) < 4.78 is 0. The Hall–Kier alpha value is -1.33. The van der Waals surface area contributed by atoms with Crippen molar-refractivity contribution in [1.82, 2.24) is 10.3 Å². The summed E-state index contributed by atoms with van der Waals surface area (Å²) >= 11 is 6.19. The minimum absolute atomic E-state index is 0.0588. The molecule has 1 aromatic heterocycles. The number of hydrogen-bond donors (Lipinski definition) is 3. The van der Waals surface area contributed by atoms with Crippen LogP contribution in [0.2, 0.25) is 0 Å². The fourth-order valence-electron chi connectivity index (χ4n) is 3.15. The van der Waals surface area contributed by atoms with Crippen molar-refractivity contribution in [3.63, 3.8) is 0 Å². The molecule has 0 saturated heterocycles. The number of carbonyl (C=O) groups is 1. The second kappa shape index (κ2) is 6.84. The molecule has 0 aliphatic heterocycles. The second-order valence-electron chi connectivity index (χ2n) is 6.36. The Bertz CT molecular complexity index is 614. The Balaban J connectivity index is 2.05. The van der Waals surface area contributed by atoms with Crippen molar-refractivity contribution in [2.24, 2.45) is 17.6 Å². The topological polar surface area (TPSA) is 88.0 Å². The van der Waals surface area contributed by atoms with Gasteiger partial charge in [0.2, 0.25) is 5.91 Å². The molecule has 1 saturated carbocycles. The lowest BCUT2D eigenvalue weighted by Crippen LogP contribution is -2.47. The summed E-state index contributed by atoms with van der Waals surface area (Å²) in [5, 5.41) is 2.80. The van der Waals surface area contributed by atoms with Crippen LogP contribution in [0.5, 0.6) is 0 Å². The number of pyridine rings is 1. The van der Waals surface area contributed by atoms with Gasteiger partial charge < -0.3 is 16.0 Å². The van der Waals surface area contributed by atoms with Crippen molar-refractivity contribution >= 4 is 17.5 Å². The van der Waals surface area contributed by atoms with Crippen LogP contribution < -0.4 is 16.6 Å². The van der Waals surface area contributed by atoms with E-state index in [2.05, 4.69) is 10.3 Å². The first-order valence-electron chi connectivity index (χ1n) is 7.66. The lowest BCUT2D eigenvalue weighted by atomic mass is 9.76. The third kappa shape index (κ3) is 3.70. The van der Waals surface area contributed by atoms with E-state index in [0.29, 0.717) is 12.0 Å². The van der Waals surface area contributed by atoms with E-state index in [-0.39, 0.29) is 41.3 Å². The Morgan fingerprint density at radius 2 is 2.14 bits per heavy atom. The van der Waals surface area contributed by atoms with Crippen LogP contribution in [-0.4, -0.2) is 22.3 Å². The van der Waals surface area contributed by atoms with Crippen molar-refractivity contribution in [1.29, 1.82) is 0 Å². The van der Waals surface area contributed by atoms with Gasteiger partial charge >= 0.3 is 0 Å². The smallest absolute Gasteiger partial charge is 0.253 e. The third-order valence-corrected chi connectivity index (χ3v) is 4.97. The maximum Gasteiger partial charge on any atom is 0.253 e. The largest absolute Gasteiger partial charge is 0.352 e. The molecule has 122 valence electrons. The zero-order valence-electron chi connectivity index (χ0n) is 13.3. The zero-order chi connectivity index (χ0) is 16.4. The van der Waals surface area contributed by atoms with Gasteiger partial charge in [-0.05, 0) is 44.2 Å². The van der Waals surface area contributed by atoms with E-state index >= 15 is 0 Å². The standard InChI is InChI=1S/C16H24ClN3O2/c1-8-4-9(2)20-16(22)13(8)7-19-15(21)12-5-11(17)6-14(18)10(12)3/h4,10-12,14H,5-7,18H2,1-3H3,(H,19,21)(H,20,22). The van der Waals surface area contributed by atoms with Gasteiger partial charge in [0, 0.05) is 35.1 Å². The van der Waals surface area contributed by atoms with Gasteiger partial charge in [-0.3, -0.25) is 9.59 Å². The third-order valence-electron chi connectivity index (χ3n) is 4.62. The number of aromatic amines is 1. The maximum atomic E-state index is 12.4. The number of hydrogen-bond acceptors (Lipinski definition) is 3. The van der Waals surface area contributed by atoms with Gasteiger partial charge in [-0.25, -0.2) is 0 Å². The molecule has 1 aromatic rings. The van der Waals surface area contributed by atoms with Crippen LogP contribution in [0.3, 0.4) is 0 Å². The predicted molar refractivity (Wildman–Crippen MR) is 87.9 cm³/mol. The maximum absolute atomic E-state index is 12.4. The normalized spacial score (nSPS) is 28.4. The molecule has 5 nitrogen and oxygen atoms in total. The minimum atomic E-state index is -0.198. The number of aryl methyl sites for hydroxylation is 2. The highest BCUT2D eigenvalue weighted by atomic mass is 35.5. The lowest BCUT2D eigenvalue weighted by Gasteiger charge is -2.35. The van der Waals surface area contributed by atoms with Gasteiger partial charge in [-0.2, -0.15) is 0 Å². The molecule has 22 heavy (non-hydrogen) atoms. The Morgan fingerprint density at radius 3 is 2.77 bits per heavy atom. The SMILES string of the molecule is Cc1cc(C)c(CNC(=O)C2CC(Cl)CC(N)C2C)c(=O)[nH]1. The highest BCUT2D eigenvalue weighted by Gasteiger charge is 2.36. The van der Waals surface area contributed by atoms with Crippen LogP contribution >= 0.6 is 11.6 Å². The number of alkyl halides is 1. The molecule has 1 amide bonds. The molecule has 0 bridgehead atoms. The lowest BCUT2D eigenvalue weighted by molar-refractivity contribution is -0.127. The number of nitrogens with one attached hydrogen (secondary N) is 2. The molecular formula is C16H24ClN3O2. The van der Waals surface area contributed by atoms with Crippen molar-refractivity contribution in [2.75, 3.05) is 0 Å². The number of carbonyl (C=O) groups excluding carboxylic acids is 1. The van der Waals surface area contributed by atoms with Gasteiger partial charge in [0.05, 0.1) is 0 Å². The summed E-state index contributed by atoms with van der Waals surface area (Å²) in [5.41, 5.74) is 8.18. The fourth-order valence-corrected chi connectivity index (χ4v) is 3.55. The number of nitrogens with two attached hydrogens (primary N) is 1. The Morgan fingerprint density at radius 1 is 1.45 bits per heavy atom. The van der Waals surface area contributed by atoms with Crippen LogP contribution in [0.15, 0.2) is 10.9 Å². The summed E-state index contributed by atoms with van der Waals surface area (Å²) in [6, 6.07) is 1.84. The number of aromatic nitrogens is 1. The quantitative estimate of drug-likeness (QED) is 0.737. The summed E-state index contributed by atoms with van der Waals surface area (Å²) in [5.74, 6) is -0.184. The van der Waals surface area contributed by atoms with Crippen LogP contribution in [-0.2, 0) is 11.3 Å². The van der Waals surface area contributed by atoms with Crippen molar-refractivity contribution < 1.29 is 4.79 Å². The number of halogens is 1. The molecular weight excluding hydrogens is 302 g/mol. The van der Waals surface area contributed by atoms with Gasteiger partial charge in [-0.1, -0.05) is 6.92 Å². The van der Waals surface area contributed by atoms with Gasteiger partial charge in [0.15, 0.2) is 0 Å². The molecule has 1 aliphatic rings. The number of amides is 1.